The molecule has 0 aliphatic rings. The summed E-state index contributed by atoms with van der Waals surface area (Å²) in [6.07, 6.45) is 0. The molecule has 0 fully saturated rings. The Labute approximate surface area is 95.0 Å². The van der Waals surface area contributed by atoms with Crippen molar-refractivity contribution in [1.29, 1.82) is 0 Å². The minimum atomic E-state index is -0.889. The zero-order valence-electron chi connectivity index (χ0n) is 9.25. The van der Waals surface area contributed by atoms with E-state index < -0.39 is 23.1 Å². The monoisotopic (exact) mass is 241 g/mol. The predicted octanol–water partition coefficient (Wildman–Crippen LogP) is -0.802. The highest BCUT2D eigenvalue weighted by Crippen LogP contribution is 2.06. The molecule has 0 aromatic carbocycles. The maximum atomic E-state index is 11.5. The highest BCUT2D eigenvalue weighted by molar-refractivity contribution is 5.98. The van der Waals surface area contributed by atoms with Crippen LogP contribution in [0.3, 0.4) is 0 Å². The maximum absolute atomic E-state index is 11.5. The van der Waals surface area contributed by atoms with Gasteiger partial charge in [0.25, 0.3) is 5.56 Å². The van der Waals surface area contributed by atoms with Gasteiger partial charge in [0.1, 0.15) is 5.69 Å². The molecule has 3 N–H and O–H groups in total. The van der Waals surface area contributed by atoms with Gasteiger partial charge in [0.2, 0.25) is 5.91 Å². The molecule has 0 radical (unpaired) electrons. The second-order valence-corrected chi connectivity index (χ2v) is 3.06. The van der Waals surface area contributed by atoms with Crippen LogP contribution < -0.4 is 16.6 Å². The molecular formula is C9H11N3O5. The van der Waals surface area contributed by atoms with Crippen molar-refractivity contribution in [3.8, 4) is 0 Å². The predicted molar refractivity (Wildman–Crippen MR) is 57.9 cm³/mol. The fourth-order valence-corrected chi connectivity index (χ4v) is 1.14. The number of nitrogens with one attached hydrogen (secondary N) is 3. The molecule has 0 aliphatic carbocycles. The summed E-state index contributed by atoms with van der Waals surface area (Å²) in [6.45, 7) is 2.81. The van der Waals surface area contributed by atoms with E-state index in [1.165, 1.54) is 6.92 Å². The van der Waals surface area contributed by atoms with Crippen molar-refractivity contribution >= 4 is 17.6 Å². The van der Waals surface area contributed by atoms with Gasteiger partial charge in [-0.05, 0) is 6.92 Å². The van der Waals surface area contributed by atoms with Crippen LogP contribution >= 0.6 is 0 Å². The molecule has 0 bridgehead atoms. The largest absolute Gasteiger partial charge is 0.461 e. The first-order chi connectivity index (χ1) is 7.95. The molecule has 92 valence electrons. The van der Waals surface area contributed by atoms with Crippen molar-refractivity contribution in [3.63, 3.8) is 0 Å². The summed E-state index contributed by atoms with van der Waals surface area (Å²) >= 11 is 0. The lowest BCUT2D eigenvalue weighted by Crippen LogP contribution is -2.31. The third-order valence-electron chi connectivity index (χ3n) is 1.72. The van der Waals surface area contributed by atoms with E-state index in [1.54, 1.807) is 6.92 Å². The number of hydrogen-bond donors (Lipinski definition) is 3. The van der Waals surface area contributed by atoms with Gasteiger partial charge in [-0.3, -0.25) is 19.6 Å². The van der Waals surface area contributed by atoms with Gasteiger partial charge in [0.15, 0.2) is 5.69 Å². The number of H-pyrrole nitrogens is 2. The number of esters is 1. The van der Waals surface area contributed by atoms with Gasteiger partial charge in [-0.2, -0.15) is 0 Å². The van der Waals surface area contributed by atoms with Gasteiger partial charge in [0, 0.05) is 6.92 Å². The van der Waals surface area contributed by atoms with Crippen molar-refractivity contribution in [2.75, 3.05) is 11.9 Å². The van der Waals surface area contributed by atoms with Crippen LogP contribution in [-0.2, 0) is 9.53 Å². The first kappa shape index (κ1) is 12.7. The Morgan fingerprint density at radius 3 is 2.47 bits per heavy atom. The summed E-state index contributed by atoms with van der Waals surface area (Å²) in [5.74, 6) is -1.44. The van der Waals surface area contributed by atoms with Crippen LogP contribution in [0, 0.1) is 0 Å². The van der Waals surface area contributed by atoms with Gasteiger partial charge in [0.05, 0.1) is 6.61 Å². The Balaban J connectivity index is 3.35. The molecule has 8 heteroatoms. The second-order valence-electron chi connectivity index (χ2n) is 3.06. The van der Waals surface area contributed by atoms with Crippen LogP contribution in [0.5, 0.6) is 0 Å². The van der Waals surface area contributed by atoms with E-state index in [-0.39, 0.29) is 18.0 Å². The second kappa shape index (κ2) is 5.10. The number of aromatic nitrogens is 2. The van der Waals surface area contributed by atoms with Gasteiger partial charge >= 0.3 is 11.7 Å². The summed E-state index contributed by atoms with van der Waals surface area (Å²) in [7, 11) is 0. The molecule has 17 heavy (non-hydrogen) atoms. The molecular weight excluding hydrogens is 230 g/mol. The van der Waals surface area contributed by atoms with Crippen LogP contribution in [-0.4, -0.2) is 28.5 Å². The lowest BCUT2D eigenvalue weighted by Gasteiger charge is -2.06. The van der Waals surface area contributed by atoms with Crippen LogP contribution in [0.25, 0.3) is 0 Å². The van der Waals surface area contributed by atoms with Crippen LogP contribution in [0.15, 0.2) is 9.59 Å². The third-order valence-corrected chi connectivity index (χ3v) is 1.72. The SMILES string of the molecule is CCOC(=O)c1[nH]c(=O)[nH]c(=O)c1NC(C)=O. The molecule has 0 saturated carbocycles. The third kappa shape index (κ3) is 3.03. The number of carbonyl (C=O) groups is 2. The molecule has 1 aromatic rings. The van der Waals surface area contributed by atoms with E-state index in [0.717, 1.165) is 0 Å². The minimum Gasteiger partial charge on any atom is -0.461 e. The Bertz CT molecular complexity index is 556. The Morgan fingerprint density at radius 2 is 1.94 bits per heavy atom. The summed E-state index contributed by atoms with van der Waals surface area (Å²) in [4.78, 5) is 48.8. The molecule has 1 amide bonds. The lowest BCUT2D eigenvalue weighted by atomic mass is 10.3. The standard InChI is InChI=1S/C9H11N3O5/c1-3-17-8(15)6-5(10-4(2)13)7(14)12-9(16)11-6/h3H2,1-2H3,(H,10,13)(H2,11,12,14,16). The highest BCUT2D eigenvalue weighted by atomic mass is 16.5. The lowest BCUT2D eigenvalue weighted by molar-refractivity contribution is -0.114. The highest BCUT2D eigenvalue weighted by Gasteiger charge is 2.18. The van der Waals surface area contributed by atoms with Gasteiger partial charge in [-0.15, -0.1) is 0 Å². The number of aromatic amines is 2. The smallest absolute Gasteiger partial charge is 0.357 e. The zero-order valence-corrected chi connectivity index (χ0v) is 9.25. The normalized spacial score (nSPS) is 9.76. The number of hydrogen-bond acceptors (Lipinski definition) is 5. The maximum Gasteiger partial charge on any atom is 0.357 e. The van der Waals surface area contributed by atoms with Crippen molar-refractivity contribution in [2.45, 2.75) is 13.8 Å². The average molecular weight is 241 g/mol. The van der Waals surface area contributed by atoms with Crippen LogP contribution in [0.2, 0.25) is 0 Å². The summed E-state index contributed by atoms with van der Waals surface area (Å²) in [6, 6.07) is 0. The number of carbonyl (C=O) groups excluding carboxylic acids is 2. The van der Waals surface area contributed by atoms with E-state index in [0.29, 0.717) is 0 Å². The zero-order chi connectivity index (χ0) is 13.0. The van der Waals surface area contributed by atoms with Crippen molar-refractivity contribution in [3.05, 3.63) is 26.5 Å². The molecule has 0 saturated heterocycles. The molecule has 0 unspecified atom stereocenters. The van der Waals surface area contributed by atoms with Gasteiger partial charge in [-0.25, -0.2) is 9.59 Å². The Morgan fingerprint density at radius 1 is 1.29 bits per heavy atom. The van der Waals surface area contributed by atoms with Gasteiger partial charge < -0.3 is 10.1 Å². The average Bonchev–Trinajstić information content (AvgIpc) is 2.21. The molecule has 1 aromatic heterocycles. The minimum absolute atomic E-state index is 0.0766. The number of amides is 1. The summed E-state index contributed by atoms with van der Waals surface area (Å²) in [5.41, 5.74) is -2.44. The molecule has 0 spiro atoms. The van der Waals surface area contributed by atoms with E-state index in [4.69, 9.17) is 0 Å². The van der Waals surface area contributed by atoms with Crippen molar-refractivity contribution < 1.29 is 14.3 Å². The molecule has 0 atom stereocenters. The van der Waals surface area contributed by atoms with Crippen molar-refractivity contribution in [1.82, 2.24) is 9.97 Å². The van der Waals surface area contributed by atoms with E-state index in [2.05, 4.69) is 15.0 Å². The van der Waals surface area contributed by atoms with Crippen molar-refractivity contribution in [2.24, 2.45) is 0 Å². The number of anilines is 1. The molecule has 1 rings (SSSR count). The first-order valence-electron chi connectivity index (χ1n) is 4.77. The van der Waals surface area contributed by atoms with Crippen LogP contribution in [0.4, 0.5) is 5.69 Å². The van der Waals surface area contributed by atoms with E-state index in [9.17, 15) is 19.2 Å². The molecule has 0 aliphatic heterocycles. The fourth-order valence-electron chi connectivity index (χ4n) is 1.14. The first-order valence-corrected chi connectivity index (χ1v) is 4.77. The molecule has 8 nitrogen and oxygen atoms in total. The number of ether oxygens (including phenoxy) is 1. The summed E-state index contributed by atoms with van der Waals surface area (Å²) < 4.78 is 4.65. The Hall–Kier alpha value is -2.38. The summed E-state index contributed by atoms with van der Waals surface area (Å²) in [5, 5.41) is 2.15. The van der Waals surface area contributed by atoms with Gasteiger partial charge in [-0.1, -0.05) is 0 Å². The number of rotatable bonds is 3. The van der Waals surface area contributed by atoms with Crippen LogP contribution in [0.1, 0.15) is 24.3 Å². The van der Waals surface area contributed by atoms with E-state index in [1.807, 2.05) is 4.98 Å². The topological polar surface area (TPSA) is 121 Å². The quantitative estimate of drug-likeness (QED) is 0.598. The Kier molecular flexibility index (Phi) is 3.81. The van der Waals surface area contributed by atoms with E-state index >= 15 is 0 Å². The fraction of sp³-hybridized carbons (Fsp3) is 0.333. The molecule has 1 heterocycles.